The normalized spacial score (nSPS) is 16.8. The highest BCUT2D eigenvalue weighted by Crippen LogP contribution is 2.16. The molecule has 0 saturated carbocycles. The number of carbonyl (C=O) groups is 1. The smallest absolute Gasteiger partial charge is 0.339 e. The second kappa shape index (κ2) is 5.14. The molecule has 0 spiro atoms. The number of hydrazine groups is 1. The number of nitrogens with zero attached hydrogens (tertiary/aromatic N) is 2. The van der Waals surface area contributed by atoms with E-state index in [0.717, 1.165) is 31.6 Å². The number of hydrogen-bond acceptors (Lipinski definition) is 4. The molecule has 1 fully saturated rings. The zero-order valence-corrected chi connectivity index (χ0v) is 9.94. The summed E-state index contributed by atoms with van der Waals surface area (Å²) in [4.78, 5) is 15.3. The Morgan fingerprint density at radius 3 is 2.71 bits per heavy atom. The van der Waals surface area contributed by atoms with Gasteiger partial charge in [-0.1, -0.05) is 6.42 Å². The van der Waals surface area contributed by atoms with Crippen molar-refractivity contribution >= 4 is 11.8 Å². The summed E-state index contributed by atoms with van der Waals surface area (Å²) in [6.07, 6.45) is 3.52. The summed E-state index contributed by atoms with van der Waals surface area (Å²) in [5.41, 5.74) is 4.15. The second-order valence-corrected chi connectivity index (χ2v) is 4.31. The number of aromatic carboxylic acids is 1. The van der Waals surface area contributed by atoms with Crippen molar-refractivity contribution in [3.05, 3.63) is 23.4 Å². The SMILES string of the molecule is Cc1ccc(C(=O)O)c(NN2CCCCC2)n1. The van der Waals surface area contributed by atoms with E-state index >= 15 is 0 Å². The topological polar surface area (TPSA) is 65.5 Å². The van der Waals surface area contributed by atoms with Crippen LogP contribution in [0.4, 0.5) is 5.82 Å². The van der Waals surface area contributed by atoms with Crippen LogP contribution in [0.1, 0.15) is 35.3 Å². The molecule has 2 heterocycles. The van der Waals surface area contributed by atoms with Crippen LogP contribution in [0.3, 0.4) is 0 Å². The van der Waals surface area contributed by atoms with E-state index in [1.54, 1.807) is 12.1 Å². The van der Waals surface area contributed by atoms with Crippen molar-refractivity contribution < 1.29 is 9.90 Å². The molecule has 5 heteroatoms. The molecule has 2 rings (SSSR count). The van der Waals surface area contributed by atoms with Crippen LogP contribution < -0.4 is 5.43 Å². The Hall–Kier alpha value is -1.62. The molecule has 1 aromatic heterocycles. The van der Waals surface area contributed by atoms with Gasteiger partial charge in [-0.25, -0.2) is 14.8 Å². The van der Waals surface area contributed by atoms with E-state index < -0.39 is 5.97 Å². The van der Waals surface area contributed by atoms with Crippen molar-refractivity contribution in [3.8, 4) is 0 Å². The Bertz CT molecular complexity index is 414. The van der Waals surface area contributed by atoms with Crippen LogP contribution in [-0.4, -0.2) is 34.2 Å². The van der Waals surface area contributed by atoms with Gasteiger partial charge in [0, 0.05) is 18.8 Å². The largest absolute Gasteiger partial charge is 0.478 e. The van der Waals surface area contributed by atoms with E-state index in [2.05, 4.69) is 10.4 Å². The van der Waals surface area contributed by atoms with Gasteiger partial charge in [0.2, 0.25) is 0 Å². The lowest BCUT2D eigenvalue weighted by atomic mass is 10.2. The first-order chi connectivity index (χ1) is 8.16. The quantitative estimate of drug-likeness (QED) is 0.837. The van der Waals surface area contributed by atoms with Gasteiger partial charge in [0.05, 0.1) is 0 Å². The third-order valence-corrected chi connectivity index (χ3v) is 2.88. The van der Waals surface area contributed by atoms with Gasteiger partial charge in [-0.3, -0.25) is 0 Å². The average molecular weight is 235 g/mol. The fraction of sp³-hybridized carbons (Fsp3) is 0.500. The number of anilines is 1. The van der Waals surface area contributed by atoms with Crippen LogP contribution >= 0.6 is 0 Å². The number of pyridine rings is 1. The lowest BCUT2D eigenvalue weighted by Crippen LogP contribution is -2.35. The molecule has 1 aromatic rings. The molecule has 92 valence electrons. The number of carboxylic acids is 1. The fourth-order valence-electron chi connectivity index (χ4n) is 1.97. The predicted molar refractivity (Wildman–Crippen MR) is 65.0 cm³/mol. The van der Waals surface area contributed by atoms with E-state index in [4.69, 9.17) is 5.11 Å². The Labute approximate surface area is 100 Å². The standard InChI is InChI=1S/C12H17N3O2/c1-9-5-6-10(12(16)17)11(13-9)14-15-7-3-2-4-8-15/h5-6H,2-4,7-8H2,1H3,(H,13,14)(H,16,17). The molecule has 1 saturated heterocycles. The minimum atomic E-state index is -0.947. The van der Waals surface area contributed by atoms with Crippen molar-refractivity contribution in [2.24, 2.45) is 0 Å². The highest BCUT2D eigenvalue weighted by Gasteiger charge is 2.15. The first kappa shape index (κ1) is 11.9. The molecule has 1 aliphatic rings. The van der Waals surface area contributed by atoms with Crippen molar-refractivity contribution in [1.29, 1.82) is 0 Å². The molecule has 0 amide bonds. The van der Waals surface area contributed by atoms with Gasteiger partial charge in [0.25, 0.3) is 0 Å². The summed E-state index contributed by atoms with van der Waals surface area (Å²) in [5, 5.41) is 11.1. The minimum absolute atomic E-state index is 0.223. The molecule has 1 aliphatic heterocycles. The van der Waals surface area contributed by atoms with Gasteiger partial charge in [0.1, 0.15) is 5.56 Å². The summed E-state index contributed by atoms with van der Waals surface area (Å²) in [5.74, 6) is -0.503. The minimum Gasteiger partial charge on any atom is -0.478 e. The first-order valence-electron chi connectivity index (χ1n) is 5.89. The van der Waals surface area contributed by atoms with Gasteiger partial charge in [-0.05, 0) is 31.9 Å². The maximum absolute atomic E-state index is 11.1. The third-order valence-electron chi connectivity index (χ3n) is 2.88. The number of carboxylic acid groups (broad SMARTS) is 1. The van der Waals surface area contributed by atoms with E-state index in [0.29, 0.717) is 5.82 Å². The maximum atomic E-state index is 11.1. The zero-order chi connectivity index (χ0) is 12.3. The van der Waals surface area contributed by atoms with Gasteiger partial charge >= 0.3 is 5.97 Å². The molecule has 0 unspecified atom stereocenters. The number of aryl methyl sites for hydroxylation is 1. The highest BCUT2D eigenvalue weighted by molar-refractivity contribution is 5.93. The van der Waals surface area contributed by atoms with E-state index in [-0.39, 0.29) is 5.56 Å². The van der Waals surface area contributed by atoms with E-state index in [9.17, 15) is 4.79 Å². The monoisotopic (exact) mass is 235 g/mol. The Morgan fingerprint density at radius 2 is 2.06 bits per heavy atom. The van der Waals surface area contributed by atoms with Crippen LogP contribution in [0.15, 0.2) is 12.1 Å². The van der Waals surface area contributed by atoms with E-state index in [1.165, 1.54) is 6.42 Å². The van der Waals surface area contributed by atoms with Crippen LogP contribution in [0.5, 0.6) is 0 Å². The lowest BCUT2D eigenvalue weighted by Gasteiger charge is -2.27. The van der Waals surface area contributed by atoms with Crippen molar-refractivity contribution in [2.45, 2.75) is 26.2 Å². The van der Waals surface area contributed by atoms with Gasteiger partial charge in [-0.15, -0.1) is 0 Å². The Balaban J connectivity index is 2.17. The average Bonchev–Trinajstić information content (AvgIpc) is 2.30. The number of nitrogens with one attached hydrogen (secondary N) is 1. The second-order valence-electron chi connectivity index (χ2n) is 4.31. The molecule has 17 heavy (non-hydrogen) atoms. The third kappa shape index (κ3) is 2.94. The van der Waals surface area contributed by atoms with Gasteiger partial charge in [0.15, 0.2) is 5.82 Å². The molecule has 2 N–H and O–H groups in total. The predicted octanol–water partition coefficient (Wildman–Crippen LogP) is 1.90. The fourth-order valence-corrected chi connectivity index (χ4v) is 1.97. The number of aromatic nitrogens is 1. The zero-order valence-electron chi connectivity index (χ0n) is 9.94. The molecular formula is C12H17N3O2. The van der Waals surface area contributed by atoms with Crippen molar-refractivity contribution in [3.63, 3.8) is 0 Å². The Morgan fingerprint density at radius 1 is 1.35 bits per heavy atom. The summed E-state index contributed by atoms with van der Waals surface area (Å²) >= 11 is 0. The Kier molecular flexibility index (Phi) is 3.58. The molecule has 0 bridgehead atoms. The van der Waals surface area contributed by atoms with E-state index in [1.807, 2.05) is 11.9 Å². The molecular weight excluding hydrogens is 218 g/mol. The number of hydrogen-bond donors (Lipinski definition) is 2. The van der Waals surface area contributed by atoms with Gasteiger partial charge < -0.3 is 10.5 Å². The molecule has 0 aliphatic carbocycles. The summed E-state index contributed by atoms with van der Waals surface area (Å²) in [7, 11) is 0. The number of rotatable bonds is 3. The molecule has 0 radical (unpaired) electrons. The van der Waals surface area contributed by atoms with Crippen molar-refractivity contribution in [1.82, 2.24) is 9.99 Å². The van der Waals surface area contributed by atoms with Crippen LogP contribution in [-0.2, 0) is 0 Å². The highest BCUT2D eigenvalue weighted by atomic mass is 16.4. The van der Waals surface area contributed by atoms with Crippen LogP contribution in [0.2, 0.25) is 0 Å². The lowest BCUT2D eigenvalue weighted by molar-refractivity contribution is 0.0697. The van der Waals surface area contributed by atoms with Gasteiger partial charge in [-0.2, -0.15) is 0 Å². The van der Waals surface area contributed by atoms with Crippen LogP contribution in [0, 0.1) is 6.92 Å². The van der Waals surface area contributed by atoms with Crippen LogP contribution in [0.25, 0.3) is 0 Å². The maximum Gasteiger partial charge on any atom is 0.339 e. The summed E-state index contributed by atoms with van der Waals surface area (Å²) in [6, 6.07) is 3.31. The molecule has 0 aromatic carbocycles. The first-order valence-corrected chi connectivity index (χ1v) is 5.89. The summed E-state index contributed by atoms with van der Waals surface area (Å²) < 4.78 is 0. The van der Waals surface area contributed by atoms with Crippen molar-refractivity contribution in [2.75, 3.05) is 18.5 Å². The summed E-state index contributed by atoms with van der Waals surface area (Å²) in [6.45, 7) is 3.73. The molecule has 0 atom stereocenters. The molecule has 5 nitrogen and oxygen atoms in total. The number of piperidine rings is 1.